The molecular weight excluding hydrogens is 288 g/mol. The van der Waals surface area contributed by atoms with E-state index < -0.39 is 6.04 Å². The molecule has 6 nitrogen and oxygen atoms in total. The van der Waals surface area contributed by atoms with Crippen LogP contribution in [0.4, 0.5) is 16.2 Å². The predicted octanol–water partition coefficient (Wildman–Crippen LogP) is 1.24. The van der Waals surface area contributed by atoms with E-state index in [1.807, 2.05) is 18.4 Å². The number of thioether (sulfide) groups is 1. The Labute approximate surface area is 128 Å². The lowest BCUT2D eigenvalue weighted by Gasteiger charge is -2.16. The smallest absolute Gasteiger partial charge is 0.321 e. The molecule has 1 atom stereocenters. The van der Waals surface area contributed by atoms with Crippen LogP contribution in [0.5, 0.6) is 0 Å². The van der Waals surface area contributed by atoms with E-state index in [2.05, 4.69) is 10.6 Å². The zero-order valence-corrected chi connectivity index (χ0v) is 12.8. The van der Waals surface area contributed by atoms with Gasteiger partial charge in [0.2, 0.25) is 5.91 Å². The molecule has 0 aromatic heterocycles. The molecule has 0 spiro atoms. The second kappa shape index (κ2) is 7.33. The average Bonchev–Trinajstić information content (AvgIpc) is 2.91. The number of hydrogen-bond donors (Lipinski definition) is 3. The third-order valence-electron chi connectivity index (χ3n) is 3.25. The number of urea groups is 1. The SMILES string of the molecule is CSCC[C@H](N)C(=O)Nc1cccc(N2CCNC2=O)c1. The Kier molecular flexibility index (Phi) is 5.46. The highest BCUT2D eigenvalue weighted by Gasteiger charge is 2.21. The average molecular weight is 308 g/mol. The maximum absolute atomic E-state index is 12.0. The molecule has 7 heteroatoms. The first-order valence-corrected chi connectivity index (χ1v) is 8.22. The largest absolute Gasteiger partial charge is 0.336 e. The maximum atomic E-state index is 12.0. The molecule has 1 heterocycles. The number of nitrogens with two attached hydrogens (primary N) is 1. The van der Waals surface area contributed by atoms with Crippen molar-refractivity contribution in [3.05, 3.63) is 24.3 Å². The van der Waals surface area contributed by atoms with Gasteiger partial charge in [0.1, 0.15) is 0 Å². The van der Waals surface area contributed by atoms with Crippen LogP contribution in [0.2, 0.25) is 0 Å². The van der Waals surface area contributed by atoms with Crippen LogP contribution in [0, 0.1) is 0 Å². The first-order valence-electron chi connectivity index (χ1n) is 6.82. The number of hydrogen-bond acceptors (Lipinski definition) is 4. The van der Waals surface area contributed by atoms with Crippen molar-refractivity contribution in [1.29, 1.82) is 0 Å². The number of rotatable bonds is 6. The zero-order valence-electron chi connectivity index (χ0n) is 12.0. The molecule has 114 valence electrons. The van der Waals surface area contributed by atoms with Crippen LogP contribution < -0.4 is 21.3 Å². The van der Waals surface area contributed by atoms with Crippen molar-refractivity contribution in [1.82, 2.24) is 5.32 Å². The first-order chi connectivity index (χ1) is 10.1. The summed E-state index contributed by atoms with van der Waals surface area (Å²) in [6, 6.07) is 6.59. The minimum atomic E-state index is -0.517. The van der Waals surface area contributed by atoms with Crippen molar-refractivity contribution in [2.75, 3.05) is 35.3 Å². The van der Waals surface area contributed by atoms with Gasteiger partial charge in [-0.05, 0) is 36.6 Å². The van der Waals surface area contributed by atoms with Gasteiger partial charge in [0.25, 0.3) is 0 Å². The number of anilines is 2. The Hall–Kier alpha value is -1.73. The van der Waals surface area contributed by atoms with Crippen molar-refractivity contribution in [2.24, 2.45) is 5.73 Å². The number of carbonyl (C=O) groups excluding carboxylic acids is 2. The number of benzene rings is 1. The molecule has 1 saturated heterocycles. The summed E-state index contributed by atoms with van der Waals surface area (Å²) in [5.74, 6) is 0.648. The summed E-state index contributed by atoms with van der Waals surface area (Å²) in [7, 11) is 0. The fraction of sp³-hybridized carbons (Fsp3) is 0.429. The Balaban J connectivity index is 2.01. The molecule has 0 aliphatic carbocycles. The van der Waals surface area contributed by atoms with Gasteiger partial charge in [-0.3, -0.25) is 9.69 Å². The Morgan fingerprint density at radius 1 is 1.57 bits per heavy atom. The van der Waals surface area contributed by atoms with Crippen LogP contribution in [-0.2, 0) is 4.79 Å². The highest BCUT2D eigenvalue weighted by Crippen LogP contribution is 2.21. The minimum absolute atomic E-state index is 0.116. The molecule has 0 radical (unpaired) electrons. The number of carbonyl (C=O) groups is 2. The second-order valence-corrected chi connectivity index (χ2v) is 5.80. The fourth-order valence-corrected chi connectivity index (χ4v) is 2.57. The Morgan fingerprint density at radius 3 is 3.05 bits per heavy atom. The van der Waals surface area contributed by atoms with Gasteiger partial charge in [-0.15, -0.1) is 0 Å². The van der Waals surface area contributed by atoms with E-state index in [1.165, 1.54) is 0 Å². The molecular formula is C14H20N4O2S. The molecule has 1 aliphatic heterocycles. The molecule has 0 bridgehead atoms. The van der Waals surface area contributed by atoms with Crippen LogP contribution in [0.1, 0.15) is 6.42 Å². The summed E-state index contributed by atoms with van der Waals surface area (Å²) < 4.78 is 0. The lowest BCUT2D eigenvalue weighted by Crippen LogP contribution is -2.36. The lowest BCUT2D eigenvalue weighted by atomic mass is 10.2. The fourth-order valence-electron chi connectivity index (χ4n) is 2.08. The minimum Gasteiger partial charge on any atom is -0.336 e. The van der Waals surface area contributed by atoms with Gasteiger partial charge in [-0.2, -0.15) is 11.8 Å². The van der Waals surface area contributed by atoms with Crippen LogP contribution in [-0.4, -0.2) is 43.1 Å². The standard InChI is InChI=1S/C14H20N4O2S/c1-21-8-5-12(15)13(19)17-10-3-2-4-11(9-10)18-7-6-16-14(18)20/h2-4,9,12H,5-8,15H2,1H3,(H,16,20)(H,17,19)/t12-/m0/s1. The molecule has 1 aromatic rings. The van der Waals surface area contributed by atoms with E-state index in [-0.39, 0.29) is 11.9 Å². The molecule has 1 fully saturated rings. The van der Waals surface area contributed by atoms with Gasteiger partial charge in [0, 0.05) is 24.5 Å². The number of amides is 3. The molecule has 3 amide bonds. The topological polar surface area (TPSA) is 87.5 Å². The second-order valence-electron chi connectivity index (χ2n) is 4.81. The number of nitrogens with one attached hydrogen (secondary N) is 2. The Bertz CT molecular complexity index is 523. The zero-order chi connectivity index (χ0) is 15.2. The summed E-state index contributed by atoms with van der Waals surface area (Å²) in [6.07, 6.45) is 2.62. The Morgan fingerprint density at radius 2 is 2.38 bits per heavy atom. The van der Waals surface area contributed by atoms with E-state index in [0.29, 0.717) is 25.2 Å². The van der Waals surface area contributed by atoms with E-state index in [1.54, 1.807) is 28.8 Å². The summed E-state index contributed by atoms with van der Waals surface area (Å²) in [6.45, 7) is 1.26. The van der Waals surface area contributed by atoms with Crippen molar-refractivity contribution in [3.8, 4) is 0 Å². The molecule has 1 aliphatic rings. The van der Waals surface area contributed by atoms with Gasteiger partial charge in [0.15, 0.2) is 0 Å². The van der Waals surface area contributed by atoms with E-state index in [4.69, 9.17) is 5.73 Å². The molecule has 21 heavy (non-hydrogen) atoms. The monoisotopic (exact) mass is 308 g/mol. The van der Waals surface area contributed by atoms with Crippen LogP contribution in [0.3, 0.4) is 0 Å². The summed E-state index contributed by atoms with van der Waals surface area (Å²) >= 11 is 1.66. The van der Waals surface area contributed by atoms with Crippen molar-refractivity contribution < 1.29 is 9.59 Å². The molecule has 1 aromatic carbocycles. The molecule has 2 rings (SSSR count). The molecule has 4 N–H and O–H groups in total. The summed E-state index contributed by atoms with van der Waals surface area (Å²) in [5.41, 5.74) is 7.25. The summed E-state index contributed by atoms with van der Waals surface area (Å²) in [4.78, 5) is 25.3. The molecule has 0 unspecified atom stereocenters. The van der Waals surface area contributed by atoms with Gasteiger partial charge >= 0.3 is 6.03 Å². The normalized spacial score (nSPS) is 15.7. The first kappa shape index (κ1) is 15.7. The highest BCUT2D eigenvalue weighted by atomic mass is 32.2. The molecule has 0 saturated carbocycles. The van der Waals surface area contributed by atoms with Crippen LogP contribution >= 0.6 is 11.8 Å². The van der Waals surface area contributed by atoms with E-state index in [9.17, 15) is 9.59 Å². The highest BCUT2D eigenvalue weighted by molar-refractivity contribution is 7.98. The number of nitrogens with zero attached hydrogens (tertiary/aromatic N) is 1. The van der Waals surface area contributed by atoms with Crippen molar-refractivity contribution in [2.45, 2.75) is 12.5 Å². The lowest BCUT2D eigenvalue weighted by molar-refractivity contribution is -0.117. The predicted molar refractivity (Wildman–Crippen MR) is 86.8 cm³/mol. The van der Waals surface area contributed by atoms with Crippen LogP contribution in [0.15, 0.2) is 24.3 Å². The van der Waals surface area contributed by atoms with E-state index in [0.717, 1.165) is 11.4 Å². The van der Waals surface area contributed by atoms with Crippen LogP contribution in [0.25, 0.3) is 0 Å². The van der Waals surface area contributed by atoms with Gasteiger partial charge in [-0.25, -0.2) is 4.79 Å². The van der Waals surface area contributed by atoms with Gasteiger partial charge in [-0.1, -0.05) is 6.07 Å². The van der Waals surface area contributed by atoms with Gasteiger partial charge in [0.05, 0.1) is 6.04 Å². The quantitative estimate of drug-likeness (QED) is 0.738. The third kappa shape index (κ3) is 4.12. The van der Waals surface area contributed by atoms with Gasteiger partial charge < -0.3 is 16.4 Å². The van der Waals surface area contributed by atoms with Crippen molar-refractivity contribution in [3.63, 3.8) is 0 Å². The third-order valence-corrected chi connectivity index (χ3v) is 3.90. The van der Waals surface area contributed by atoms with Crippen molar-refractivity contribution >= 4 is 35.1 Å². The summed E-state index contributed by atoms with van der Waals surface area (Å²) in [5, 5.41) is 5.54. The van der Waals surface area contributed by atoms with E-state index >= 15 is 0 Å². The maximum Gasteiger partial charge on any atom is 0.321 e.